The summed E-state index contributed by atoms with van der Waals surface area (Å²) in [6, 6.07) is 0. The second kappa shape index (κ2) is 10.2. The molecule has 2 aromatic heterocycles. The quantitative estimate of drug-likeness (QED) is 0.517. The smallest absolute Gasteiger partial charge is 0.432 e. The van der Waals surface area contributed by atoms with E-state index in [1.54, 1.807) is 40.2 Å². The van der Waals surface area contributed by atoms with Crippen molar-refractivity contribution in [3.63, 3.8) is 0 Å². The zero-order valence-electron chi connectivity index (χ0n) is 19.4. The normalized spacial score (nSPS) is 19.8. The van der Waals surface area contributed by atoms with Crippen molar-refractivity contribution >= 4 is 29.4 Å². The van der Waals surface area contributed by atoms with Gasteiger partial charge in [-0.25, -0.2) is 19.6 Å². The maximum absolute atomic E-state index is 11.8. The molecule has 12 heteroatoms. The van der Waals surface area contributed by atoms with Crippen LogP contribution in [0.25, 0.3) is 11.2 Å². The Morgan fingerprint density at radius 3 is 2.21 bits per heavy atom. The summed E-state index contributed by atoms with van der Waals surface area (Å²) < 4.78 is 28.4. The average molecular weight is 464 g/mol. The Bertz CT molecular complexity index is 953. The third-order valence-corrected chi connectivity index (χ3v) is 4.92. The van der Waals surface area contributed by atoms with Crippen LogP contribution in [0.5, 0.6) is 0 Å². The van der Waals surface area contributed by atoms with Gasteiger partial charge in [-0.2, -0.15) is 4.98 Å². The molecule has 1 radical (unpaired) electrons. The van der Waals surface area contributed by atoms with Crippen LogP contribution >= 0.6 is 0 Å². The highest BCUT2D eigenvalue weighted by atomic mass is 16.7. The third kappa shape index (κ3) is 6.67. The second-order valence-corrected chi connectivity index (χ2v) is 8.53. The van der Waals surface area contributed by atoms with Gasteiger partial charge in [-0.05, 0) is 40.0 Å². The standard InChI is InChI=1S/C21H30N5O7/c1-12(2)31-19(27)29-8-15(9-30-20(28)32-13(3)4)33-21(6-14(21)5)10-26-11-24-16-7-23-18(22)25-17(16)26/h7,11-14H,6,8-10H2,1-5H3,(H2,22,23,25). The second-order valence-electron chi connectivity index (χ2n) is 8.53. The van der Waals surface area contributed by atoms with Crippen LogP contribution in [0.4, 0.5) is 15.5 Å². The van der Waals surface area contributed by atoms with Crippen LogP contribution in [0.2, 0.25) is 0 Å². The summed E-state index contributed by atoms with van der Waals surface area (Å²) >= 11 is 0. The van der Waals surface area contributed by atoms with Crippen LogP contribution < -0.4 is 5.73 Å². The Balaban J connectivity index is 1.70. The minimum Gasteiger partial charge on any atom is -0.432 e. The predicted molar refractivity (Wildman–Crippen MR) is 116 cm³/mol. The van der Waals surface area contributed by atoms with Crippen LogP contribution in [-0.4, -0.2) is 62.9 Å². The highest BCUT2D eigenvalue weighted by Crippen LogP contribution is 2.49. The largest absolute Gasteiger partial charge is 0.508 e. The summed E-state index contributed by atoms with van der Waals surface area (Å²) in [6.45, 7) is 8.79. The molecule has 2 N–H and O–H groups in total. The summed E-state index contributed by atoms with van der Waals surface area (Å²) in [5.41, 5.74) is 6.29. The van der Waals surface area contributed by atoms with Gasteiger partial charge in [0.15, 0.2) is 11.8 Å². The average Bonchev–Trinajstić information content (AvgIpc) is 3.16. The van der Waals surface area contributed by atoms with E-state index in [9.17, 15) is 9.59 Å². The first-order chi connectivity index (χ1) is 15.6. The van der Waals surface area contributed by atoms with E-state index in [0.717, 1.165) is 6.42 Å². The minimum absolute atomic E-state index is 0.143. The number of aromatic nitrogens is 4. The Kier molecular flexibility index (Phi) is 7.57. The molecule has 3 rings (SSSR count). The van der Waals surface area contributed by atoms with E-state index in [4.69, 9.17) is 29.4 Å². The first-order valence-electron chi connectivity index (χ1n) is 10.7. The van der Waals surface area contributed by atoms with E-state index < -0.39 is 17.9 Å². The molecule has 1 aliphatic carbocycles. The van der Waals surface area contributed by atoms with Crippen LogP contribution in [0.3, 0.4) is 0 Å². The van der Waals surface area contributed by atoms with Gasteiger partial charge in [0, 0.05) is 0 Å². The SMILES string of the molecule is CC(C)OC(=O)OC[C](COC(=O)OC(C)C)OC1(Cn2cnc3cnc(N)nc32)CC1C. The number of hydrogen-bond donors (Lipinski definition) is 1. The van der Waals surface area contributed by atoms with Gasteiger partial charge in [-0.3, -0.25) is 0 Å². The number of nitrogens with two attached hydrogens (primary N) is 1. The van der Waals surface area contributed by atoms with Crippen molar-refractivity contribution in [3.8, 4) is 0 Å². The molecule has 0 saturated heterocycles. The summed E-state index contributed by atoms with van der Waals surface area (Å²) in [5.74, 6) is 0.318. The molecule has 12 nitrogen and oxygen atoms in total. The Labute approximate surface area is 191 Å². The zero-order valence-corrected chi connectivity index (χ0v) is 19.4. The van der Waals surface area contributed by atoms with Crippen molar-refractivity contribution in [1.29, 1.82) is 0 Å². The summed E-state index contributed by atoms with van der Waals surface area (Å²) in [4.78, 5) is 36.2. The molecule has 2 unspecified atom stereocenters. The summed E-state index contributed by atoms with van der Waals surface area (Å²) in [7, 11) is 0. The fourth-order valence-corrected chi connectivity index (χ4v) is 3.25. The number of hydrogen-bond acceptors (Lipinski definition) is 11. The predicted octanol–water partition coefficient (Wildman–Crippen LogP) is 2.86. The number of anilines is 1. The molecule has 1 fully saturated rings. The number of nitrogens with zero attached hydrogens (tertiary/aromatic N) is 4. The monoisotopic (exact) mass is 464 g/mol. The van der Waals surface area contributed by atoms with E-state index in [0.29, 0.717) is 17.7 Å². The molecule has 2 atom stereocenters. The number of carbonyl (C=O) groups is 2. The van der Waals surface area contributed by atoms with Crippen LogP contribution in [0.15, 0.2) is 12.5 Å². The van der Waals surface area contributed by atoms with Gasteiger partial charge >= 0.3 is 12.3 Å². The first-order valence-corrected chi connectivity index (χ1v) is 10.7. The maximum Gasteiger partial charge on any atom is 0.508 e. The number of ether oxygens (including phenoxy) is 5. The lowest BCUT2D eigenvalue weighted by Gasteiger charge is -2.25. The number of nitrogen functional groups attached to an aromatic ring is 1. The first kappa shape index (κ1) is 24.5. The topological polar surface area (TPSA) is 150 Å². The van der Waals surface area contributed by atoms with E-state index in [1.165, 1.54) is 0 Å². The highest BCUT2D eigenvalue weighted by Gasteiger charge is 2.54. The maximum atomic E-state index is 11.8. The molecule has 0 aliphatic heterocycles. The van der Waals surface area contributed by atoms with Crippen molar-refractivity contribution in [2.45, 2.75) is 65.4 Å². The van der Waals surface area contributed by atoms with Gasteiger partial charge in [0.05, 0.1) is 36.9 Å². The fraction of sp³-hybridized carbons (Fsp3) is 0.619. The fourth-order valence-electron chi connectivity index (χ4n) is 3.25. The van der Waals surface area contributed by atoms with Crippen molar-refractivity contribution in [2.24, 2.45) is 5.92 Å². The third-order valence-electron chi connectivity index (χ3n) is 4.92. The Morgan fingerprint density at radius 2 is 1.70 bits per heavy atom. The van der Waals surface area contributed by atoms with E-state index in [2.05, 4.69) is 15.0 Å². The van der Waals surface area contributed by atoms with Gasteiger partial charge in [-0.15, -0.1) is 0 Å². The lowest BCUT2D eigenvalue weighted by Crippen LogP contribution is -2.32. The van der Waals surface area contributed by atoms with E-state index >= 15 is 0 Å². The molecular formula is C21H30N5O7. The molecule has 2 aromatic rings. The molecule has 1 aliphatic rings. The van der Waals surface area contributed by atoms with Crippen molar-refractivity contribution in [2.75, 3.05) is 18.9 Å². The van der Waals surface area contributed by atoms with Gasteiger partial charge in [-0.1, -0.05) is 6.92 Å². The zero-order chi connectivity index (χ0) is 24.2. The van der Waals surface area contributed by atoms with Crippen LogP contribution in [0.1, 0.15) is 41.0 Å². The molecule has 0 aromatic carbocycles. The Morgan fingerprint density at radius 1 is 1.12 bits per heavy atom. The molecule has 0 bridgehead atoms. The minimum atomic E-state index is -0.846. The highest BCUT2D eigenvalue weighted by molar-refractivity contribution is 5.70. The van der Waals surface area contributed by atoms with Gasteiger partial charge in [0.1, 0.15) is 18.7 Å². The van der Waals surface area contributed by atoms with Crippen molar-refractivity contribution < 1.29 is 33.3 Å². The molecule has 181 valence electrons. The van der Waals surface area contributed by atoms with E-state index in [-0.39, 0.29) is 43.4 Å². The van der Waals surface area contributed by atoms with E-state index in [1.807, 2.05) is 11.5 Å². The lowest BCUT2D eigenvalue weighted by atomic mass is 10.2. The number of carbonyl (C=O) groups excluding carboxylic acids is 2. The van der Waals surface area contributed by atoms with Gasteiger partial charge in [0.25, 0.3) is 0 Å². The summed E-state index contributed by atoms with van der Waals surface area (Å²) in [6.07, 6.45) is 1.81. The van der Waals surface area contributed by atoms with Crippen LogP contribution in [-0.2, 0) is 30.2 Å². The molecule has 0 amide bonds. The molecular weight excluding hydrogens is 434 g/mol. The van der Waals surface area contributed by atoms with Gasteiger partial charge in [0.2, 0.25) is 5.95 Å². The summed E-state index contributed by atoms with van der Waals surface area (Å²) in [5, 5.41) is 0. The van der Waals surface area contributed by atoms with Gasteiger partial charge < -0.3 is 34.0 Å². The van der Waals surface area contributed by atoms with Crippen molar-refractivity contribution in [3.05, 3.63) is 18.6 Å². The van der Waals surface area contributed by atoms with Crippen LogP contribution in [0, 0.1) is 12.0 Å². The molecule has 2 heterocycles. The number of imidazole rings is 1. The lowest BCUT2D eigenvalue weighted by molar-refractivity contribution is -0.0495. The molecule has 1 saturated carbocycles. The number of fused-ring (bicyclic) bond motifs is 1. The molecule has 0 spiro atoms. The number of rotatable bonds is 10. The molecule has 33 heavy (non-hydrogen) atoms. The van der Waals surface area contributed by atoms with Crippen molar-refractivity contribution in [1.82, 2.24) is 19.5 Å². The Hall–Kier alpha value is -3.15.